The molecule has 3 amide bonds. The third kappa shape index (κ3) is 2.38. The number of hydrogen-bond acceptors (Lipinski definition) is 5. The number of benzene rings is 1. The summed E-state index contributed by atoms with van der Waals surface area (Å²) < 4.78 is 4.95. The summed E-state index contributed by atoms with van der Waals surface area (Å²) in [6.45, 7) is 0.109. The maximum atomic E-state index is 12.0. The normalized spacial score (nSPS) is 19.2. The summed E-state index contributed by atoms with van der Waals surface area (Å²) in [5.41, 5.74) is 0.145. The van der Waals surface area contributed by atoms with E-state index < -0.39 is 23.0 Å². The summed E-state index contributed by atoms with van der Waals surface area (Å²) >= 11 is 0. The highest BCUT2D eigenvalue weighted by Gasteiger charge is 2.35. The molecule has 0 aromatic heterocycles. The summed E-state index contributed by atoms with van der Waals surface area (Å²) in [6.07, 6.45) is -0.757. The molecule has 0 radical (unpaired) electrons. The molecule has 2 rings (SSSR count). The molecule has 1 aromatic carbocycles. The van der Waals surface area contributed by atoms with Crippen molar-refractivity contribution < 1.29 is 19.2 Å². The first-order valence-electron chi connectivity index (χ1n) is 5.43. The number of ether oxygens (including phenoxy) is 1. The van der Waals surface area contributed by atoms with Crippen LogP contribution in [0.15, 0.2) is 24.3 Å². The number of urea groups is 1. The fourth-order valence-corrected chi connectivity index (χ4v) is 1.74. The fraction of sp³-hybridized carbons (Fsp3) is 0.273. The Kier molecular flexibility index (Phi) is 3.43. The van der Waals surface area contributed by atoms with Gasteiger partial charge in [0.15, 0.2) is 6.10 Å². The Balaban J connectivity index is 2.30. The Labute approximate surface area is 108 Å². The van der Waals surface area contributed by atoms with Crippen LogP contribution in [0, 0.1) is 10.1 Å². The number of anilines is 1. The van der Waals surface area contributed by atoms with Crippen LogP contribution in [0.1, 0.15) is 0 Å². The minimum absolute atomic E-state index is 0.109. The van der Waals surface area contributed by atoms with Gasteiger partial charge in [-0.25, -0.2) is 9.69 Å². The molecule has 1 unspecified atom stereocenters. The average Bonchev–Trinajstić information content (AvgIpc) is 2.39. The Bertz CT molecular complexity index is 528. The molecule has 1 N–H and O–H groups in total. The second-order valence-electron chi connectivity index (χ2n) is 3.86. The minimum atomic E-state index is -0.757. The van der Waals surface area contributed by atoms with Gasteiger partial charge in [0.1, 0.15) is 0 Å². The zero-order chi connectivity index (χ0) is 14.0. The van der Waals surface area contributed by atoms with Crippen LogP contribution < -0.4 is 10.2 Å². The van der Waals surface area contributed by atoms with E-state index in [4.69, 9.17) is 4.74 Å². The number of rotatable bonds is 3. The van der Waals surface area contributed by atoms with Gasteiger partial charge in [0.05, 0.1) is 17.2 Å². The van der Waals surface area contributed by atoms with E-state index in [1.807, 2.05) is 0 Å². The van der Waals surface area contributed by atoms with Crippen LogP contribution >= 0.6 is 0 Å². The first kappa shape index (κ1) is 13.0. The highest BCUT2D eigenvalue weighted by atomic mass is 16.6. The minimum Gasteiger partial charge on any atom is -0.370 e. The molecular weight excluding hydrogens is 254 g/mol. The van der Waals surface area contributed by atoms with Crippen molar-refractivity contribution in [3.63, 3.8) is 0 Å². The number of nitrogens with zero attached hydrogens (tertiary/aromatic N) is 2. The molecule has 0 spiro atoms. The van der Waals surface area contributed by atoms with Gasteiger partial charge in [-0.2, -0.15) is 0 Å². The van der Waals surface area contributed by atoms with Crippen LogP contribution in [0.2, 0.25) is 0 Å². The van der Waals surface area contributed by atoms with E-state index in [-0.39, 0.29) is 17.9 Å². The fourth-order valence-electron chi connectivity index (χ4n) is 1.74. The predicted molar refractivity (Wildman–Crippen MR) is 64.8 cm³/mol. The lowest BCUT2D eigenvalue weighted by molar-refractivity contribution is -0.384. The number of carbonyl (C=O) groups excluding carboxylic acids is 2. The second-order valence-corrected chi connectivity index (χ2v) is 3.86. The highest BCUT2D eigenvalue weighted by Crippen LogP contribution is 2.22. The molecule has 19 heavy (non-hydrogen) atoms. The van der Waals surface area contributed by atoms with E-state index in [0.717, 1.165) is 4.90 Å². The van der Waals surface area contributed by atoms with Crippen molar-refractivity contribution in [2.24, 2.45) is 0 Å². The lowest BCUT2D eigenvalue weighted by atomic mass is 10.2. The van der Waals surface area contributed by atoms with Gasteiger partial charge in [0.2, 0.25) is 0 Å². The quantitative estimate of drug-likeness (QED) is 0.639. The predicted octanol–water partition coefficient (Wildman–Crippen LogP) is 0.666. The SMILES string of the molecule is COC1CNC(=O)N(c2ccc([N+](=O)[O-])cc2)C1=O. The molecule has 1 fully saturated rings. The Hall–Kier alpha value is -2.48. The monoisotopic (exact) mass is 265 g/mol. The number of amides is 3. The summed E-state index contributed by atoms with van der Waals surface area (Å²) in [4.78, 5) is 34.6. The zero-order valence-corrected chi connectivity index (χ0v) is 10.0. The Morgan fingerprint density at radius 3 is 2.53 bits per heavy atom. The number of hydrogen-bond donors (Lipinski definition) is 1. The molecule has 1 atom stereocenters. The van der Waals surface area contributed by atoms with E-state index in [1.54, 1.807) is 0 Å². The number of methoxy groups -OCH3 is 1. The smallest absolute Gasteiger partial charge is 0.328 e. The summed E-state index contributed by atoms with van der Waals surface area (Å²) in [6, 6.07) is 4.56. The maximum absolute atomic E-state index is 12.0. The molecule has 1 aliphatic rings. The van der Waals surface area contributed by atoms with Gasteiger partial charge in [-0.1, -0.05) is 0 Å². The Morgan fingerprint density at radius 2 is 2.00 bits per heavy atom. The standard InChI is InChI=1S/C11H11N3O5/c1-19-9-6-12-11(16)13(10(9)15)7-2-4-8(5-3-7)14(17)18/h2-5,9H,6H2,1H3,(H,12,16). The molecule has 0 aliphatic carbocycles. The van der Waals surface area contributed by atoms with Gasteiger partial charge < -0.3 is 10.1 Å². The first-order valence-corrected chi connectivity index (χ1v) is 5.43. The number of nitrogens with one attached hydrogen (secondary N) is 1. The van der Waals surface area contributed by atoms with E-state index in [9.17, 15) is 19.7 Å². The topological polar surface area (TPSA) is 102 Å². The zero-order valence-electron chi connectivity index (χ0n) is 10.0. The van der Waals surface area contributed by atoms with Crippen LogP contribution in [-0.4, -0.2) is 36.6 Å². The number of nitro groups is 1. The van der Waals surface area contributed by atoms with Gasteiger partial charge >= 0.3 is 6.03 Å². The molecule has 1 aromatic rings. The summed E-state index contributed by atoms with van der Waals surface area (Å²) in [5.74, 6) is -0.500. The summed E-state index contributed by atoms with van der Waals surface area (Å²) in [5, 5.41) is 13.0. The van der Waals surface area contributed by atoms with Crippen LogP contribution in [-0.2, 0) is 9.53 Å². The molecule has 1 saturated heterocycles. The van der Waals surface area contributed by atoms with Crippen LogP contribution in [0.25, 0.3) is 0 Å². The van der Waals surface area contributed by atoms with Crippen LogP contribution in [0.5, 0.6) is 0 Å². The first-order chi connectivity index (χ1) is 9.04. The molecular formula is C11H11N3O5. The van der Waals surface area contributed by atoms with Crippen molar-refractivity contribution in [1.29, 1.82) is 0 Å². The van der Waals surface area contributed by atoms with Crippen molar-refractivity contribution in [3.8, 4) is 0 Å². The second kappa shape index (κ2) is 5.02. The van der Waals surface area contributed by atoms with E-state index >= 15 is 0 Å². The largest absolute Gasteiger partial charge is 0.370 e. The van der Waals surface area contributed by atoms with Gasteiger partial charge in [0, 0.05) is 19.2 Å². The number of carbonyl (C=O) groups is 2. The molecule has 0 saturated carbocycles. The molecule has 1 aliphatic heterocycles. The van der Waals surface area contributed by atoms with Crippen molar-refractivity contribution in [3.05, 3.63) is 34.4 Å². The highest BCUT2D eigenvalue weighted by molar-refractivity contribution is 6.17. The lowest BCUT2D eigenvalue weighted by Gasteiger charge is -2.30. The van der Waals surface area contributed by atoms with Crippen LogP contribution in [0.3, 0.4) is 0 Å². The van der Waals surface area contributed by atoms with Crippen molar-refractivity contribution in [2.75, 3.05) is 18.6 Å². The van der Waals surface area contributed by atoms with E-state index in [0.29, 0.717) is 0 Å². The maximum Gasteiger partial charge on any atom is 0.328 e. The van der Waals surface area contributed by atoms with E-state index in [2.05, 4.69) is 5.32 Å². The lowest BCUT2D eigenvalue weighted by Crippen LogP contribution is -2.58. The number of non-ortho nitro benzene ring substituents is 1. The van der Waals surface area contributed by atoms with Gasteiger partial charge in [-0.05, 0) is 12.1 Å². The summed E-state index contributed by atoms with van der Waals surface area (Å²) in [7, 11) is 1.37. The van der Waals surface area contributed by atoms with Gasteiger partial charge in [-0.3, -0.25) is 14.9 Å². The number of imide groups is 1. The molecule has 8 heteroatoms. The molecule has 0 bridgehead atoms. The van der Waals surface area contributed by atoms with Crippen molar-refractivity contribution in [2.45, 2.75) is 6.10 Å². The van der Waals surface area contributed by atoms with Crippen molar-refractivity contribution >= 4 is 23.3 Å². The Morgan fingerprint density at radius 1 is 1.37 bits per heavy atom. The average molecular weight is 265 g/mol. The van der Waals surface area contributed by atoms with Crippen molar-refractivity contribution in [1.82, 2.24) is 5.32 Å². The van der Waals surface area contributed by atoms with Gasteiger partial charge in [-0.15, -0.1) is 0 Å². The van der Waals surface area contributed by atoms with Crippen LogP contribution in [0.4, 0.5) is 16.2 Å². The van der Waals surface area contributed by atoms with Gasteiger partial charge in [0.25, 0.3) is 11.6 Å². The van der Waals surface area contributed by atoms with E-state index in [1.165, 1.54) is 31.4 Å². The number of nitro benzene ring substituents is 1. The third-order valence-electron chi connectivity index (χ3n) is 2.74. The molecule has 1 heterocycles. The molecule has 8 nitrogen and oxygen atoms in total. The molecule has 100 valence electrons. The third-order valence-corrected chi connectivity index (χ3v) is 2.74.